The first-order valence-electron chi connectivity index (χ1n) is 5.98. The summed E-state index contributed by atoms with van der Waals surface area (Å²) in [5.74, 6) is 0.628. The third kappa shape index (κ3) is 4.24. The molecule has 0 saturated carbocycles. The van der Waals surface area contributed by atoms with E-state index in [1.807, 2.05) is 6.07 Å². The Morgan fingerprint density at radius 1 is 1.24 bits per heavy atom. The van der Waals surface area contributed by atoms with Gasteiger partial charge in [0.05, 0.1) is 11.6 Å². The van der Waals surface area contributed by atoms with E-state index in [-0.39, 0.29) is 11.0 Å². The highest BCUT2D eigenvalue weighted by atomic mass is 79.9. The van der Waals surface area contributed by atoms with Gasteiger partial charge in [-0.3, -0.25) is 10.1 Å². The summed E-state index contributed by atoms with van der Waals surface area (Å²) in [6.45, 7) is 0. The maximum Gasteiger partial charge on any atom is 0.257 e. The molecule has 0 aliphatic carbocycles. The van der Waals surface area contributed by atoms with Gasteiger partial charge in [-0.05, 0) is 52.4 Å². The van der Waals surface area contributed by atoms with Crippen molar-refractivity contribution in [2.45, 2.75) is 0 Å². The third-order valence-corrected chi connectivity index (χ3v) is 3.32. The summed E-state index contributed by atoms with van der Waals surface area (Å²) in [7, 11) is 1.52. The molecular formula is C14H12BrN3O2S. The molecule has 108 valence electrons. The Labute approximate surface area is 135 Å². The minimum atomic E-state index is -0.280. The number of thiocarbonyl (C=S) groups is 1. The highest BCUT2D eigenvalue weighted by molar-refractivity contribution is 9.10. The Morgan fingerprint density at radius 2 is 1.95 bits per heavy atom. The zero-order valence-electron chi connectivity index (χ0n) is 11.1. The zero-order valence-corrected chi connectivity index (χ0v) is 13.5. The van der Waals surface area contributed by atoms with Crippen molar-refractivity contribution < 1.29 is 9.53 Å². The lowest BCUT2D eigenvalue weighted by atomic mass is 10.2. The molecular weight excluding hydrogens is 354 g/mol. The zero-order chi connectivity index (χ0) is 15.2. The van der Waals surface area contributed by atoms with Crippen molar-refractivity contribution >= 4 is 45.0 Å². The van der Waals surface area contributed by atoms with Crippen LogP contribution in [-0.2, 0) is 0 Å². The maximum atomic E-state index is 11.9. The quantitative estimate of drug-likeness (QED) is 0.818. The van der Waals surface area contributed by atoms with Crippen molar-refractivity contribution in [3.8, 4) is 5.88 Å². The van der Waals surface area contributed by atoms with E-state index in [2.05, 4.69) is 31.5 Å². The number of aromatic nitrogens is 1. The summed E-state index contributed by atoms with van der Waals surface area (Å²) in [6.07, 6.45) is 0. The fourth-order valence-electron chi connectivity index (χ4n) is 1.55. The van der Waals surface area contributed by atoms with Gasteiger partial charge in [-0.25, -0.2) is 0 Å². The van der Waals surface area contributed by atoms with Crippen LogP contribution in [0.2, 0.25) is 0 Å². The fourth-order valence-corrected chi connectivity index (χ4v) is 2.13. The Morgan fingerprint density at radius 3 is 2.62 bits per heavy atom. The number of nitrogens with one attached hydrogen (secondary N) is 2. The molecule has 1 aromatic heterocycles. The van der Waals surface area contributed by atoms with Crippen molar-refractivity contribution in [3.05, 3.63) is 52.5 Å². The first-order chi connectivity index (χ1) is 10.1. The number of methoxy groups -OCH3 is 1. The highest BCUT2D eigenvalue weighted by Crippen LogP contribution is 2.23. The second-order valence-corrected chi connectivity index (χ2v) is 5.22. The minimum Gasteiger partial charge on any atom is -0.480 e. The van der Waals surface area contributed by atoms with Crippen LogP contribution >= 0.6 is 28.1 Å². The first kappa shape index (κ1) is 15.4. The summed E-state index contributed by atoms with van der Waals surface area (Å²) in [4.78, 5) is 16.1. The Balaban J connectivity index is 2.00. The predicted octanol–water partition coefficient (Wildman–Crippen LogP) is 2.98. The molecule has 1 aromatic carbocycles. The first-order valence-corrected chi connectivity index (χ1v) is 7.18. The van der Waals surface area contributed by atoms with Crippen LogP contribution in [0.4, 0.5) is 5.82 Å². The van der Waals surface area contributed by atoms with E-state index in [0.717, 1.165) is 4.47 Å². The molecule has 0 bridgehead atoms. The largest absolute Gasteiger partial charge is 0.480 e. The molecule has 7 heteroatoms. The molecule has 0 atom stereocenters. The van der Waals surface area contributed by atoms with Gasteiger partial charge >= 0.3 is 0 Å². The number of hydrogen-bond acceptors (Lipinski definition) is 4. The van der Waals surface area contributed by atoms with Crippen molar-refractivity contribution in [3.63, 3.8) is 0 Å². The van der Waals surface area contributed by atoms with E-state index in [4.69, 9.17) is 17.0 Å². The Hall–Kier alpha value is -1.99. The maximum absolute atomic E-state index is 11.9. The molecule has 0 aliphatic rings. The number of carbonyl (C=O) groups is 1. The van der Waals surface area contributed by atoms with Gasteiger partial charge in [0.25, 0.3) is 5.91 Å². The number of nitrogens with zero attached hydrogens (tertiary/aromatic N) is 1. The molecule has 0 spiro atoms. The Kier molecular flexibility index (Phi) is 5.24. The number of carbonyl (C=O) groups excluding carboxylic acids is 1. The summed E-state index contributed by atoms with van der Waals surface area (Å²) in [5.41, 5.74) is 0.531. The fraction of sp³-hybridized carbons (Fsp3) is 0.0714. The van der Waals surface area contributed by atoms with Gasteiger partial charge in [0.15, 0.2) is 5.11 Å². The second kappa shape index (κ2) is 7.14. The molecule has 0 radical (unpaired) electrons. The number of anilines is 1. The highest BCUT2D eigenvalue weighted by Gasteiger charge is 2.09. The van der Waals surface area contributed by atoms with E-state index in [9.17, 15) is 4.79 Å². The second-order valence-electron chi connectivity index (χ2n) is 3.96. The van der Waals surface area contributed by atoms with Gasteiger partial charge in [-0.1, -0.05) is 18.2 Å². The third-order valence-electron chi connectivity index (χ3n) is 2.51. The van der Waals surface area contributed by atoms with Crippen LogP contribution in [0.15, 0.2) is 46.9 Å². The number of ether oxygens (including phenoxy) is 1. The standard InChI is InChI=1S/C14H12BrN3O2S/c1-20-13-10(15)7-8-11(16-13)17-14(21)18-12(19)9-5-3-2-4-6-9/h2-8H,1H3,(H2,16,17,18,19,21). The van der Waals surface area contributed by atoms with Crippen molar-refractivity contribution in [2.24, 2.45) is 0 Å². The van der Waals surface area contributed by atoms with Crippen LogP contribution in [0, 0.1) is 0 Å². The van der Waals surface area contributed by atoms with E-state index in [1.165, 1.54) is 7.11 Å². The molecule has 2 rings (SSSR count). The summed E-state index contributed by atoms with van der Waals surface area (Å²) < 4.78 is 5.82. The van der Waals surface area contributed by atoms with Crippen molar-refractivity contribution in [1.29, 1.82) is 0 Å². The molecule has 21 heavy (non-hydrogen) atoms. The van der Waals surface area contributed by atoms with Gasteiger partial charge in [0.1, 0.15) is 5.82 Å². The number of halogens is 1. The van der Waals surface area contributed by atoms with Gasteiger partial charge in [-0.15, -0.1) is 0 Å². The number of amides is 1. The van der Waals surface area contributed by atoms with E-state index in [0.29, 0.717) is 17.3 Å². The van der Waals surface area contributed by atoms with Gasteiger partial charge in [-0.2, -0.15) is 4.98 Å². The van der Waals surface area contributed by atoms with Crippen LogP contribution in [0.25, 0.3) is 0 Å². The topological polar surface area (TPSA) is 63.2 Å². The molecule has 0 aliphatic heterocycles. The van der Waals surface area contributed by atoms with Crippen LogP contribution in [0.3, 0.4) is 0 Å². The Bertz CT molecular complexity index is 665. The molecule has 1 heterocycles. The molecule has 0 fully saturated rings. The number of hydrogen-bond donors (Lipinski definition) is 2. The minimum absolute atomic E-state index is 0.167. The van der Waals surface area contributed by atoms with Gasteiger partial charge < -0.3 is 10.1 Å². The monoisotopic (exact) mass is 365 g/mol. The van der Waals surface area contributed by atoms with Crippen LogP contribution in [-0.4, -0.2) is 23.1 Å². The molecule has 2 aromatic rings. The van der Waals surface area contributed by atoms with E-state index >= 15 is 0 Å². The van der Waals surface area contributed by atoms with Gasteiger partial charge in [0, 0.05) is 5.56 Å². The number of rotatable bonds is 3. The molecule has 2 N–H and O–H groups in total. The number of pyridine rings is 1. The average molecular weight is 366 g/mol. The van der Waals surface area contributed by atoms with E-state index in [1.54, 1.807) is 36.4 Å². The smallest absolute Gasteiger partial charge is 0.257 e. The molecule has 1 amide bonds. The molecule has 0 unspecified atom stereocenters. The summed E-state index contributed by atoms with van der Waals surface area (Å²) in [6, 6.07) is 12.3. The summed E-state index contributed by atoms with van der Waals surface area (Å²) >= 11 is 8.40. The lowest BCUT2D eigenvalue weighted by Crippen LogP contribution is -2.34. The predicted molar refractivity (Wildman–Crippen MR) is 88.6 cm³/mol. The van der Waals surface area contributed by atoms with Crippen molar-refractivity contribution in [2.75, 3.05) is 12.4 Å². The normalized spacial score (nSPS) is 9.81. The van der Waals surface area contributed by atoms with Crippen molar-refractivity contribution in [1.82, 2.24) is 10.3 Å². The van der Waals surface area contributed by atoms with E-state index < -0.39 is 0 Å². The molecule has 0 saturated heterocycles. The SMILES string of the molecule is COc1nc(NC(=S)NC(=O)c2ccccc2)ccc1Br. The summed E-state index contributed by atoms with van der Waals surface area (Å²) in [5, 5.41) is 5.59. The van der Waals surface area contributed by atoms with Crippen LogP contribution in [0.1, 0.15) is 10.4 Å². The lowest BCUT2D eigenvalue weighted by molar-refractivity contribution is 0.0978. The number of benzene rings is 1. The molecule has 5 nitrogen and oxygen atoms in total. The van der Waals surface area contributed by atoms with Crippen LogP contribution in [0.5, 0.6) is 5.88 Å². The lowest BCUT2D eigenvalue weighted by Gasteiger charge is -2.10. The average Bonchev–Trinajstić information content (AvgIpc) is 2.50. The van der Waals surface area contributed by atoms with Crippen LogP contribution < -0.4 is 15.4 Å². The van der Waals surface area contributed by atoms with Gasteiger partial charge in [0.2, 0.25) is 5.88 Å².